The highest BCUT2D eigenvalue weighted by Gasteiger charge is 2.13. The van der Waals surface area contributed by atoms with Crippen LogP contribution in [0, 0.1) is 5.82 Å². The van der Waals surface area contributed by atoms with Crippen molar-refractivity contribution in [2.75, 3.05) is 7.11 Å². The quantitative estimate of drug-likeness (QED) is 0.768. The number of aryl methyl sites for hydroxylation is 2. The van der Waals surface area contributed by atoms with E-state index in [9.17, 15) is 9.18 Å². The monoisotopic (exact) mass is 290 g/mol. The third-order valence-corrected chi connectivity index (χ3v) is 3.41. The number of halogens is 1. The molecule has 0 fully saturated rings. The molecule has 1 aromatic carbocycles. The van der Waals surface area contributed by atoms with Crippen molar-refractivity contribution in [3.05, 3.63) is 47.0 Å². The molecule has 0 N–H and O–H groups in total. The lowest BCUT2D eigenvalue weighted by Crippen LogP contribution is -2.14. The number of Topliss-reactive ketones (excluding diaryl/α,β-unsaturated/α-hetero) is 1. The first-order valence-corrected chi connectivity index (χ1v) is 7.01. The van der Waals surface area contributed by atoms with E-state index in [1.807, 2.05) is 19.9 Å². The van der Waals surface area contributed by atoms with Crippen LogP contribution in [-0.2, 0) is 19.4 Å². The predicted octanol–water partition coefficient (Wildman–Crippen LogP) is 3.04. The number of benzene rings is 1. The van der Waals surface area contributed by atoms with Gasteiger partial charge in [-0.05, 0) is 37.1 Å². The van der Waals surface area contributed by atoms with Crippen molar-refractivity contribution < 1.29 is 13.9 Å². The number of hydrogen-bond acceptors (Lipinski definition) is 3. The predicted molar refractivity (Wildman–Crippen MR) is 78.3 cm³/mol. The summed E-state index contributed by atoms with van der Waals surface area (Å²) in [5.41, 5.74) is 2.29. The van der Waals surface area contributed by atoms with Crippen molar-refractivity contribution in [3.63, 3.8) is 0 Å². The molecule has 0 amide bonds. The van der Waals surface area contributed by atoms with Crippen LogP contribution in [0.5, 0.6) is 5.75 Å². The van der Waals surface area contributed by atoms with E-state index in [0.29, 0.717) is 5.56 Å². The molecular weight excluding hydrogens is 271 g/mol. The number of ether oxygens (including phenoxy) is 1. The van der Waals surface area contributed by atoms with Crippen LogP contribution >= 0.6 is 0 Å². The summed E-state index contributed by atoms with van der Waals surface area (Å²) < 4.78 is 20.2. The molecule has 0 atom stereocenters. The molecule has 0 bridgehead atoms. The zero-order valence-electron chi connectivity index (χ0n) is 12.5. The Labute approximate surface area is 123 Å². The second kappa shape index (κ2) is 6.52. The Morgan fingerprint density at radius 2 is 2.05 bits per heavy atom. The zero-order valence-corrected chi connectivity index (χ0v) is 12.5. The molecule has 2 aromatic rings. The highest BCUT2D eigenvalue weighted by Crippen LogP contribution is 2.18. The summed E-state index contributed by atoms with van der Waals surface area (Å²) in [6.07, 6.45) is 1.63. The van der Waals surface area contributed by atoms with Gasteiger partial charge in [-0.1, -0.05) is 13.8 Å². The van der Waals surface area contributed by atoms with E-state index in [1.165, 1.54) is 19.2 Å². The summed E-state index contributed by atoms with van der Waals surface area (Å²) in [7, 11) is 1.39. The normalized spacial score (nSPS) is 10.7. The molecule has 0 radical (unpaired) electrons. The van der Waals surface area contributed by atoms with Crippen LogP contribution in [0.15, 0.2) is 24.3 Å². The van der Waals surface area contributed by atoms with E-state index in [-0.39, 0.29) is 18.1 Å². The summed E-state index contributed by atoms with van der Waals surface area (Å²) in [5, 5.41) is 4.40. The van der Waals surface area contributed by atoms with Gasteiger partial charge in [0.25, 0.3) is 0 Å². The van der Waals surface area contributed by atoms with Gasteiger partial charge in [-0.2, -0.15) is 5.10 Å². The Hall–Kier alpha value is -2.17. The maximum Gasteiger partial charge on any atom is 0.184 e. The maximum atomic E-state index is 13.7. The molecule has 112 valence electrons. The van der Waals surface area contributed by atoms with Crippen molar-refractivity contribution >= 4 is 5.78 Å². The average Bonchev–Trinajstić information content (AvgIpc) is 2.89. The highest BCUT2D eigenvalue weighted by atomic mass is 19.1. The standard InChI is InChI=1S/C16H19FN2O2/c1-4-12-9-13(5-2)19(18-12)10-15(20)11-6-7-16(21-3)14(17)8-11/h6-9H,4-5,10H2,1-3H3. The van der Waals surface area contributed by atoms with Crippen LogP contribution in [0.1, 0.15) is 35.6 Å². The fourth-order valence-electron chi connectivity index (χ4n) is 2.18. The number of nitrogens with zero attached hydrogens (tertiary/aromatic N) is 2. The number of carbonyl (C=O) groups excluding carboxylic acids is 1. The Morgan fingerprint density at radius 3 is 2.62 bits per heavy atom. The van der Waals surface area contributed by atoms with Crippen LogP contribution in [0.4, 0.5) is 4.39 Å². The van der Waals surface area contributed by atoms with Crippen molar-refractivity contribution in [3.8, 4) is 5.75 Å². The molecule has 1 aromatic heterocycles. The first-order valence-electron chi connectivity index (χ1n) is 7.01. The van der Waals surface area contributed by atoms with Crippen LogP contribution in [0.3, 0.4) is 0 Å². The van der Waals surface area contributed by atoms with E-state index < -0.39 is 5.82 Å². The molecule has 0 saturated heterocycles. The van der Waals surface area contributed by atoms with Crippen molar-refractivity contribution in [2.24, 2.45) is 0 Å². The fourth-order valence-corrected chi connectivity index (χ4v) is 2.18. The SMILES string of the molecule is CCc1cc(CC)n(CC(=O)c2ccc(OC)c(F)c2)n1. The zero-order chi connectivity index (χ0) is 15.4. The largest absolute Gasteiger partial charge is 0.494 e. The molecule has 1 heterocycles. The third kappa shape index (κ3) is 3.29. The fraction of sp³-hybridized carbons (Fsp3) is 0.375. The summed E-state index contributed by atoms with van der Waals surface area (Å²) in [6, 6.07) is 6.24. The smallest absolute Gasteiger partial charge is 0.184 e. The van der Waals surface area contributed by atoms with Crippen molar-refractivity contribution in [1.29, 1.82) is 0 Å². The van der Waals surface area contributed by atoms with Gasteiger partial charge in [-0.15, -0.1) is 0 Å². The van der Waals surface area contributed by atoms with Crippen LogP contribution in [0.25, 0.3) is 0 Å². The van der Waals surface area contributed by atoms with Gasteiger partial charge in [-0.3, -0.25) is 9.48 Å². The van der Waals surface area contributed by atoms with Gasteiger partial charge in [0.05, 0.1) is 12.8 Å². The molecule has 21 heavy (non-hydrogen) atoms. The molecule has 0 saturated carbocycles. The van der Waals surface area contributed by atoms with Gasteiger partial charge in [-0.25, -0.2) is 4.39 Å². The van der Waals surface area contributed by atoms with Crippen molar-refractivity contribution in [2.45, 2.75) is 33.2 Å². The number of rotatable bonds is 6. The minimum atomic E-state index is -0.534. The molecule has 4 nitrogen and oxygen atoms in total. The van der Waals surface area contributed by atoms with Crippen LogP contribution in [0.2, 0.25) is 0 Å². The number of hydrogen-bond donors (Lipinski definition) is 0. The number of aromatic nitrogens is 2. The van der Waals surface area contributed by atoms with Gasteiger partial charge < -0.3 is 4.74 Å². The summed E-state index contributed by atoms with van der Waals surface area (Å²) in [5.74, 6) is -0.570. The molecule has 0 aliphatic rings. The van der Waals surface area contributed by atoms with Crippen LogP contribution in [-0.4, -0.2) is 22.7 Å². The number of methoxy groups -OCH3 is 1. The van der Waals surface area contributed by atoms with E-state index in [4.69, 9.17) is 4.74 Å². The lowest BCUT2D eigenvalue weighted by atomic mass is 10.1. The molecule has 0 aliphatic heterocycles. The molecule has 0 spiro atoms. The van der Waals surface area contributed by atoms with Gasteiger partial charge >= 0.3 is 0 Å². The van der Waals surface area contributed by atoms with Crippen LogP contribution < -0.4 is 4.74 Å². The highest BCUT2D eigenvalue weighted by molar-refractivity contribution is 5.96. The van der Waals surface area contributed by atoms with Gasteiger partial charge in [0.2, 0.25) is 0 Å². The first kappa shape index (κ1) is 15.2. The van der Waals surface area contributed by atoms with Gasteiger partial charge in [0, 0.05) is 11.3 Å². The minimum Gasteiger partial charge on any atom is -0.494 e. The Morgan fingerprint density at radius 1 is 1.29 bits per heavy atom. The summed E-state index contributed by atoms with van der Waals surface area (Å²) in [6.45, 7) is 4.16. The topological polar surface area (TPSA) is 44.1 Å². The van der Waals surface area contributed by atoms with Gasteiger partial charge in [0.15, 0.2) is 17.3 Å². The van der Waals surface area contributed by atoms with E-state index in [0.717, 1.165) is 24.2 Å². The second-order valence-corrected chi connectivity index (χ2v) is 4.76. The minimum absolute atomic E-state index is 0.120. The molecule has 0 unspecified atom stereocenters. The maximum absolute atomic E-state index is 13.7. The lowest BCUT2D eigenvalue weighted by molar-refractivity contribution is 0.0966. The summed E-state index contributed by atoms with van der Waals surface area (Å²) >= 11 is 0. The third-order valence-electron chi connectivity index (χ3n) is 3.41. The van der Waals surface area contributed by atoms with Crippen molar-refractivity contribution in [1.82, 2.24) is 9.78 Å². The van der Waals surface area contributed by atoms with E-state index >= 15 is 0 Å². The van der Waals surface area contributed by atoms with Gasteiger partial charge in [0.1, 0.15) is 6.54 Å². The van der Waals surface area contributed by atoms with E-state index in [2.05, 4.69) is 5.10 Å². The Bertz CT molecular complexity index is 650. The summed E-state index contributed by atoms with van der Waals surface area (Å²) in [4.78, 5) is 12.3. The Balaban J connectivity index is 2.21. The van der Waals surface area contributed by atoms with E-state index in [1.54, 1.807) is 10.7 Å². The Kier molecular flexibility index (Phi) is 4.73. The molecule has 0 aliphatic carbocycles. The molecular formula is C16H19FN2O2. The lowest BCUT2D eigenvalue weighted by Gasteiger charge is -2.07. The first-order chi connectivity index (χ1) is 10.1. The molecule has 5 heteroatoms. The number of ketones is 1. The average molecular weight is 290 g/mol. The second-order valence-electron chi connectivity index (χ2n) is 4.76. The number of carbonyl (C=O) groups is 1. The molecule has 2 rings (SSSR count).